The standard InChI is InChI=1S/C17H25N2/c1-3-5-9-13-18-14-15-19(17(18)10-4-2)16-11-7-6-8-12-16/h6-8,11-12,14-15H,3-5,9-10,13H2,1-2H3/q+1. The first-order valence-electron chi connectivity index (χ1n) is 7.52. The summed E-state index contributed by atoms with van der Waals surface area (Å²) in [6.45, 7) is 5.65. The number of aryl methyl sites for hydroxylation is 1. The van der Waals surface area contributed by atoms with E-state index in [0.717, 1.165) is 13.0 Å². The van der Waals surface area contributed by atoms with Crippen LogP contribution in [0.25, 0.3) is 5.69 Å². The predicted molar refractivity (Wildman–Crippen MR) is 79.5 cm³/mol. The second-order valence-corrected chi connectivity index (χ2v) is 5.07. The summed E-state index contributed by atoms with van der Waals surface area (Å²) in [5.41, 5.74) is 1.26. The summed E-state index contributed by atoms with van der Waals surface area (Å²) in [6, 6.07) is 10.6. The highest BCUT2D eigenvalue weighted by molar-refractivity contribution is 5.31. The predicted octanol–water partition coefficient (Wildman–Crippen LogP) is 3.91. The molecule has 2 rings (SSSR count). The van der Waals surface area contributed by atoms with Gasteiger partial charge in [0.1, 0.15) is 18.1 Å². The molecule has 0 saturated heterocycles. The molecular weight excluding hydrogens is 232 g/mol. The number of imidazole rings is 1. The van der Waals surface area contributed by atoms with Gasteiger partial charge in [-0.05, 0) is 31.4 Å². The smallest absolute Gasteiger partial charge is 0.234 e. The van der Waals surface area contributed by atoms with E-state index >= 15 is 0 Å². The van der Waals surface area contributed by atoms with Crippen molar-refractivity contribution >= 4 is 0 Å². The van der Waals surface area contributed by atoms with Crippen LogP contribution in [0.4, 0.5) is 0 Å². The van der Waals surface area contributed by atoms with Crippen molar-refractivity contribution in [3.63, 3.8) is 0 Å². The highest BCUT2D eigenvalue weighted by atomic mass is 15.1. The van der Waals surface area contributed by atoms with Gasteiger partial charge in [0, 0.05) is 6.42 Å². The van der Waals surface area contributed by atoms with Gasteiger partial charge in [0.25, 0.3) is 5.82 Å². The van der Waals surface area contributed by atoms with Gasteiger partial charge in [-0.15, -0.1) is 0 Å². The van der Waals surface area contributed by atoms with Crippen LogP contribution in [0.1, 0.15) is 45.4 Å². The number of para-hydroxylation sites is 1. The fraction of sp³-hybridized carbons (Fsp3) is 0.471. The maximum absolute atomic E-state index is 2.42. The average Bonchev–Trinajstić information content (AvgIpc) is 2.84. The van der Waals surface area contributed by atoms with Crippen LogP contribution in [0.3, 0.4) is 0 Å². The Hall–Kier alpha value is -1.57. The maximum Gasteiger partial charge on any atom is 0.261 e. The first-order valence-corrected chi connectivity index (χ1v) is 7.52. The Bertz CT molecular complexity index is 485. The number of aromatic nitrogens is 2. The van der Waals surface area contributed by atoms with Crippen LogP contribution in [-0.4, -0.2) is 4.57 Å². The van der Waals surface area contributed by atoms with Gasteiger partial charge in [-0.1, -0.05) is 38.5 Å². The zero-order chi connectivity index (χ0) is 13.5. The molecule has 0 aliphatic heterocycles. The fourth-order valence-corrected chi connectivity index (χ4v) is 2.50. The third-order valence-corrected chi connectivity index (χ3v) is 3.52. The van der Waals surface area contributed by atoms with E-state index in [2.05, 4.69) is 65.7 Å². The average molecular weight is 257 g/mol. The third-order valence-electron chi connectivity index (χ3n) is 3.52. The topological polar surface area (TPSA) is 8.81 Å². The zero-order valence-corrected chi connectivity index (χ0v) is 12.2. The zero-order valence-electron chi connectivity index (χ0n) is 12.2. The minimum Gasteiger partial charge on any atom is -0.234 e. The monoisotopic (exact) mass is 257 g/mol. The minimum absolute atomic E-state index is 1.13. The number of unbranched alkanes of at least 4 members (excludes halogenated alkanes) is 2. The van der Waals surface area contributed by atoms with E-state index in [4.69, 9.17) is 0 Å². The summed E-state index contributed by atoms with van der Waals surface area (Å²) in [5, 5.41) is 0. The Morgan fingerprint density at radius 1 is 1.00 bits per heavy atom. The summed E-state index contributed by atoms with van der Waals surface area (Å²) in [4.78, 5) is 0. The van der Waals surface area contributed by atoms with E-state index in [1.165, 1.54) is 37.2 Å². The largest absolute Gasteiger partial charge is 0.261 e. The molecule has 1 aromatic heterocycles. The van der Waals surface area contributed by atoms with Gasteiger partial charge in [0.15, 0.2) is 0 Å². The first kappa shape index (κ1) is 13.9. The van der Waals surface area contributed by atoms with Crippen LogP contribution in [0.15, 0.2) is 42.7 Å². The Morgan fingerprint density at radius 3 is 2.47 bits per heavy atom. The molecular formula is C17H25N2+. The Morgan fingerprint density at radius 2 is 1.79 bits per heavy atom. The van der Waals surface area contributed by atoms with E-state index in [1.54, 1.807) is 0 Å². The summed E-state index contributed by atoms with van der Waals surface area (Å²) in [6.07, 6.45) is 10.6. The van der Waals surface area contributed by atoms with Gasteiger partial charge in [-0.2, -0.15) is 4.57 Å². The molecule has 0 radical (unpaired) electrons. The number of benzene rings is 1. The lowest BCUT2D eigenvalue weighted by atomic mass is 10.2. The van der Waals surface area contributed by atoms with Crippen LogP contribution >= 0.6 is 0 Å². The van der Waals surface area contributed by atoms with Crippen molar-refractivity contribution in [2.45, 2.75) is 52.5 Å². The molecule has 1 heterocycles. The van der Waals surface area contributed by atoms with Gasteiger partial charge >= 0.3 is 0 Å². The summed E-state index contributed by atoms with van der Waals surface area (Å²) < 4.78 is 4.75. The lowest BCUT2D eigenvalue weighted by molar-refractivity contribution is -0.704. The van der Waals surface area contributed by atoms with Crippen LogP contribution in [0.2, 0.25) is 0 Å². The summed E-state index contributed by atoms with van der Waals surface area (Å²) in [5.74, 6) is 1.42. The summed E-state index contributed by atoms with van der Waals surface area (Å²) >= 11 is 0. The lowest BCUT2D eigenvalue weighted by Crippen LogP contribution is -2.37. The Balaban J connectivity index is 2.24. The molecule has 0 atom stereocenters. The molecule has 1 aromatic carbocycles. The number of nitrogens with zero attached hydrogens (tertiary/aromatic N) is 2. The molecule has 0 fully saturated rings. The third kappa shape index (κ3) is 3.46. The molecule has 0 spiro atoms. The normalized spacial score (nSPS) is 10.8. The van der Waals surface area contributed by atoms with Crippen molar-refractivity contribution in [3.8, 4) is 5.69 Å². The first-order chi connectivity index (χ1) is 9.36. The van der Waals surface area contributed by atoms with Gasteiger partial charge < -0.3 is 0 Å². The fourth-order valence-electron chi connectivity index (χ4n) is 2.50. The van der Waals surface area contributed by atoms with Crippen LogP contribution in [0.5, 0.6) is 0 Å². The molecule has 2 heteroatoms. The molecule has 0 aliphatic rings. The number of hydrogen-bond donors (Lipinski definition) is 0. The maximum atomic E-state index is 2.42. The molecule has 0 unspecified atom stereocenters. The minimum atomic E-state index is 1.13. The van der Waals surface area contributed by atoms with Gasteiger partial charge in [0.2, 0.25) is 0 Å². The molecule has 0 aliphatic carbocycles. The van der Waals surface area contributed by atoms with Gasteiger partial charge in [-0.25, -0.2) is 4.57 Å². The van der Waals surface area contributed by atoms with Crippen molar-refractivity contribution in [1.29, 1.82) is 0 Å². The SMILES string of the molecule is CCCCC[n+]1ccn(-c2ccccc2)c1CCC. The Kier molecular flexibility index (Phi) is 5.20. The quantitative estimate of drug-likeness (QED) is 0.525. The second kappa shape index (κ2) is 7.13. The van der Waals surface area contributed by atoms with Crippen LogP contribution in [-0.2, 0) is 13.0 Å². The highest BCUT2D eigenvalue weighted by Gasteiger charge is 2.17. The van der Waals surface area contributed by atoms with Crippen LogP contribution in [0, 0.1) is 0 Å². The molecule has 0 saturated carbocycles. The number of hydrogen-bond acceptors (Lipinski definition) is 0. The van der Waals surface area contributed by atoms with Crippen LogP contribution < -0.4 is 4.57 Å². The van der Waals surface area contributed by atoms with E-state index in [9.17, 15) is 0 Å². The lowest BCUT2D eigenvalue weighted by Gasteiger charge is -2.04. The molecule has 19 heavy (non-hydrogen) atoms. The summed E-state index contributed by atoms with van der Waals surface area (Å²) in [7, 11) is 0. The van der Waals surface area contributed by atoms with Crippen molar-refractivity contribution in [1.82, 2.24) is 4.57 Å². The van der Waals surface area contributed by atoms with Crippen molar-refractivity contribution in [2.75, 3.05) is 0 Å². The van der Waals surface area contributed by atoms with Crippen molar-refractivity contribution < 1.29 is 4.57 Å². The van der Waals surface area contributed by atoms with Crippen molar-refractivity contribution in [2.24, 2.45) is 0 Å². The molecule has 0 bridgehead atoms. The highest BCUT2D eigenvalue weighted by Crippen LogP contribution is 2.11. The molecule has 0 amide bonds. The van der Waals surface area contributed by atoms with E-state index < -0.39 is 0 Å². The van der Waals surface area contributed by atoms with E-state index in [-0.39, 0.29) is 0 Å². The second-order valence-electron chi connectivity index (χ2n) is 5.07. The molecule has 0 N–H and O–H groups in total. The Labute approximate surface area is 116 Å². The number of rotatable bonds is 7. The van der Waals surface area contributed by atoms with E-state index in [0.29, 0.717) is 0 Å². The van der Waals surface area contributed by atoms with Gasteiger partial charge in [0.05, 0.1) is 6.54 Å². The van der Waals surface area contributed by atoms with Gasteiger partial charge in [-0.3, -0.25) is 0 Å². The molecule has 2 aromatic rings. The van der Waals surface area contributed by atoms with Crippen molar-refractivity contribution in [3.05, 3.63) is 48.5 Å². The molecule has 2 nitrogen and oxygen atoms in total. The van der Waals surface area contributed by atoms with E-state index in [1.807, 2.05) is 0 Å². The molecule has 102 valence electrons.